The third kappa shape index (κ3) is 30.7. The number of hydrogen-bond donors (Lipinski definition) is 0. The molecule has 0 aliphatic heterocycles. The van der Waals surface area contributed by atoms with Crippen LogP contribution in [0.1, 0.15) is 256 Å². The van der Waals surface area contributed by atoms with E-state index in [0.717, 1.165) is 49.2 Å². The summed E-state index contributed by atoms with van der Waals surface area (Å²) in [6.07, 6.45) is 53.1. The van der Waals surface area contributed by atoms with Gasteiger partial charge in [0.25, 0.3) is 0 Å². The van der Waals surface area contributed by atoms with Crippen LogP contribution in [0.2, 0.25) is 0 Å². The van der Waals surface area contributed by atoms with E-state index in [9.17, 15) is 0 Å². The van der Waals surface area contributed by atoms with Gasteiger partial charge in [-0.25, -0.2) is 4.99 Å². The molecule has 0 saturated heterocycles. The Morgan fingerprint density at radius 2 is 0.678 bits per heavy atom. The Hall–Kier alpha value is -1.99. The summed E-state index contributed by atoms with van der Waals surface area (Å²) in [7, 11) is 0. The molecule has 338 valence electrons. The second-order valence-electron chi connectivity index (χ2n) is 17.8. The molecule has 2 aromatic rings. The molecular weight excluding hydrogens is 759 g/mol. The van der Waals surface area contributed by atoms with Gasteiger partial charge in [0.1, 0.15) is 0 Å². The Morgan fingerprint density at radius 3 is 1.03 bits per heavy atom. The van der Waals surface area contributed by atoms with Gasteiger partial charge < -0.3 is 0 Å². The van der Waals surface area contributed by atoms with Crippen LogP contribution in [0, 0.1) is 0 Å². The van der Waals surface area contributed by atoms with Crippen molar-refractivity contribution in [1.29, 1.82) is 0 Å². The molecule has 2 aromatic carbocycles. The van der Waals surface area contributed by atoms with Crippen LogP contribution in [0.3, 0.4) is 0 Å². The number of hydrogen-bond acceptors (Lipinski definition) is 2. The van der Waals surface area contributed by atoms with Crippen molar-refractivity contribution in [2.75, 3.05) is 0 Å². The van der Waals surface area contributed by atoms with Crippen LogP contribution in [0.25, 0.3) is 0 Å². The molecule has 0 saturated carbocycles. The summed E-state index contributed by atoms with van der Waals surface area (Å²) in [6.45, 7) is 11.5. The van der Waals surface area contributed by atoms with Gasteiger partial charge in [0, 0.05) is 16.5 Å². The van der Waals surface area contributed by atoms with Crippen molar-refractivity contribution in [3.8, 4) is 0 Å². The molecule has 0 atom stereocenters. The van der Waals surface area contributed by atoms with E-state index in [2.05, 4.69) is 83.2 Å². The van der Waals surface area contributed by atoms with Gasteiger partial charge in [-0.3, -0.25) is 4.99 Å². The van der Waals surface area contributed by atoms with Gasteiger partial charge in [0.2, 0.25) is 0 Å². The van der Waals surface area contributed by atoms with Crippen LogP contribution in [0.4, 0.5) is 11.4 Å². The Morgan fingerprint density at radius 1 is 0.373 bits per heavy atom. The summed E-state index contributed by atoms with van der Waals surface area (Å²) in [5.74, 6) is 0. The fourth-order valence-corrected chi connectivity index (χ4v) is 8.29. The second kappa shape index (κ2) is 40.1. The van der Waals surface area contributed by atoms with E-state index < -0.39 is 0 Å². The van der Waals surface area contributed by atoms with Crippen LogP contribution < -0.4 is 0 Å². The van der Waals surface area contributed by atoms with Crippen molar-refractivity contribution in [3.05, 3.63) is 70.8 Å². The normalized spacial score (nSPS) is 12.0. The molecular formula is C56H94N2Ni. The Bertz CT molecular complexity index is 1280. The largest absolute Gasteiger partial charge is 0.255 e. The van der Waals surface area contributed by atoms with Gasteiger partial charge in [-0.15, -0.1) is 0 Å². The summed E-state index contributed by atoms with van der Waals surface area (Å²) >= 11 is 0. The minimum atomic E-state index is 0. The van der Waals surface area contributed by atoms with E-state index in [1.165, 1.54) is 215 Å². The van der Waals surface area contributed by atoms with E-state index in [1.807, 2.05) is 6.21 Å². The fourth-order valence-electron chi connectivity index (χ4n) is 8.29. The molecule has 2 rings (SSSR count). The molecule has 0 radical (unpaired) electrons. The molecule has 0 amide bonds. The van der Waals surface area contributed by atoms with Gasteiger partial charge in [-0.05, 0) is 117 Å². The summed E-state index contributed by atoms with van der Waals surface area (Å²) in [6, 6.07) is 14.2. The van der Waals surface area contributed by atoms with Crippen LogP contribution >= 0.6 is 0 Å². The molecule has 0 unspecified atom stereocenters. The third-order valence-electron chi connectivity index (χ3n) is 12.0. The molecule has 0 spiro atoms. The Labute approximate surface area is 378 Å². The molecule has 0 bridgehead atoms. The summed E-state index contributed by atoms with van der Waals surface area (Å²) in [5, 5.41) is 0. The number of aliphatic imine (C=N–C) groups is 2. The maximum absolute atomic E-state index is 5.32. The van der Waals surface area contributed by atoms with Crippen LogP contribution in [-0.2, 0) is 42.2 Å². The SMILES string of the molecule is CCCCCCCCCCCCCCCCCCCCC=CC(C=Nc1cc(CCCCC)cc(CCCCC)c1)=Nc1cc(CCCCC)cc(CCCCC)c1.[Ni]. The van der Waals surface area contributed by atoms with Crippen LogP contribution in [-0.4, -0.2) is 11.9 Å². The average Bonchev–Trinajstić information content (AvgIpc) is 3.22. The van der Waals surface area contributed by atoms with Gasteiger partial charge in [-0.2, -0.15) is 0 Å². The molecule has 0 N–H and O–H groups in total. The predicted molar refractivity (Wildman–Crippen MR) is 264 cm³/mol. The molecule has 0 aromatic heterocycles. The molecule has 0 aliphatic carbocycles. The van der Waals surface area contributed by atoms with E-state index in [1.54, 1.807) is 0 Å². The number of nitrogens with zero attached hydrogens (tertiary/aromatic N) is 2. The van der Waals surface area contributed by atoms with Gasteiger partial charge in [0.15, 0.2) is 0 Å². The maximum atomic E-state index is 5.32. The summed E-state index contributed by atoms with van der Waals surface area (Å²) in [4.78, 5) is 10.5. The monoisotopic (exact) mass is 853 g/mol. The maximum Gasteiger partial charge on any atom is 0.0816 e. The quantitative estimate of drug-likeness (QED) is 0.0364. The van der Waals surface area contributed by atoms with E-state index >= 15 is 0 Å². The smallest absolute Gasteiger partial charge is 0.0816 e. The first kappa shape index (κ1) is 55.0. The predicted octanol–water partition coefficient (Wildman–Crippen LogP) is 19.1. The standard InChI is InChI=1S/C56H94N2.Ni/c1-6-11-16-17-18-19-20-21-22-23-24-25-26-27-28-29-30-31-32-37-42-54(58-56-47-52(40-35-14-9-4)44-53(48-56)41-36-15-10-5)49-57-55-45-50(38-33-12-7-2)43-51(46-55)39-34-13-8-3;/h37,42-49H,6-36,38-41H2,1-5H3;. The summed E-state index contributed by atoms with van der Waals surface area (Å²) in [5.41, 5.74) is 8.90. The van der Waals surface area contributed by atoms with E-state index in [-0.39, 0.29) is 16.5 Å². The Balaban J connectivity index is 0.0000174. The summed E-state index contributed by atoms with van der Waals surface area (Å²) < 4.78 is 0. The molecule has 0 heterocycles. The van der Waals surface area contributed by atoms with Crippen LogP contribution in [0.5, 0.6) is 0 Å². The Kier molecular flexibility index (Phi) is 37.4. The molecule has 0 fully saturated rings. The zero-order valence-corrected chi connectivity index (χ0v) is 40.6. The molecule has 3 heteroatoms. The van der Waals surface area contributed by atoms with Crippen molar-refractivity contribution < 1.29 is 16.5 Å². The van der Waals surface area contributed by atoms with E-state index in [4.69, 9.17) is 9.98 Å². The number of unbranched alkanes of at least 4 members (excludes halogenated alkanes) is 26. The topological polar surface area (TPSA) is 24.7 Å². The zero-order chi connectivity index (χ0) is 41.6. The number of allylic oxidation sites excluding steroid dienone is 2. The fraction of sp³-hybridized carbons (Fsp3) is 0.714. The molecule has 0 aliphatic rings. The van der Waals surface area contributed by atoms with Crippen molar-refractivity contribution in [2.24, 2.45) is 9.98 Å². The number of benzene rings is 2. The van der Waals surface area contributed by atoms with Gasteiger partial charge in [0.05, 0.1) is 23.3 Å². The van der Waals surface area contributed by atoms with Crippen molar-refractivity contribution in [3.63, 3.8) is 0 Å². The first-order valence-electron chi connectivity index (χ1n) is 25.7. The first-order chi connectivity index (χ1) is 28.6. The third-order valence-corrected chi connectivity index (χ3v) is 12.0. The zero-order valence-electron chi connectivity index (χ0n) is 39.7. The number of rotatable bonds is 39. The minimum absolute atomic E-state index is 0. The average molecular weight is 854 g/mol. The van der Waals surface area contributed by atoms with Crippen LogP contribution in [0.15, 0.2) is 58.5 Å². The van der Waals surface area contributed by atoms with Gasteiger partial charge >= 0.3 is 0 Å². The number of aryl methyl sites for hydroxylation is 4. The van der Waals surface area contributed by atoms with Crippen molar-refractivity contribution >= 4 is 23.3 Å². The second-order valence-corrected chi connectivity index (χ2v) is 17.8. The van der Waals surface area contributed by atoms with Gasteiger partial charge in [-0.1, -0.05) is 213 Å². The molecule has 59 heavy (non-hydrogen) atoms. The molecule has 2 nitrogen and oxygen atoms in total. The van der Waals surface area contributed by atoms with Crippen molar-refractivity contribution in [1.82, 2.24) is 0 Å². The first-order valence-corrected chi connectivity index (χ1v) is 25.7. The van der Waals surface area contributed by atoms with Crippen molar-refractivity contribution in [2.45, 2.75) is 259 Å². The minimum Gasteiger partial charge on any atom is -0.255 e. The van der Waals surface area contributed by atoms with E-state index in [0.29, 0.717) is 0 Å².